The smallest absolute Gasteiger partial charge is 0.257 e. The van der Waals surface area contributed by atoms with Crippen molar-refractivity contribution in [1.29, 1.82) is 0 Å². The normalized spacial score (nSPS) is 13.4. The third kappa shape index (κ3) is 1.96. The van der Waals surface area contributed by atoms with E-state index in [-0.39, 0.29) is 5.91 Å². The second-order valence-electron chi connectivity index (χ2n) is 4.27. The average molecular weight is 227 g/mol. The Balaban J connectivity index is 1.82. The van der Waals surface area contributed by atoms with Crippen LogP contribution in [0.2, 0.25) is 0 Å². The van der Waals surface area contributed by atoms with Crippen molar-refractivity contribution in [1.82, 2.24) is 0 Å². The van der Waals surface area contributed by atoms with Crippen molar-refractivity contribution in [3.8, 4) is 0 Å². The van der Waals surface area contributed by atoms with E-state index < -0.39 is 0 Å². The molecule has 0 bridgehead atoms. The Bertz CT molecular complexity index is 543. The first-order valence-corrected chi connectivity index (χ1v) is 5.79. The second-order valence-corrected chi connectivity index (χ2v) is 4.27. The van der Waals surface area contributed by atoms with Crippen LogP contribution in [0.1, 0.15) is 27.9 Å². The molecule has 1 aliphatic rings. The quantitative estimate of drug-likeness (QED) is 0.856. The van der Waals surface area contributed by atoms with E-state index in [9.17, 15) is 4.79 Å². The van der Waals surface area contributed by atoms with E-state index in [4.69, 9.17) is 4.42 Å². The number of nitrogens with one attached hydrogen (secondary N) is 1. The molecule has 0 radical (unpaired) electrons. The molecule has 1 aromatic carbocycles. The molecule has 0 spiro atoms. The van der Waals surface area contributed by atoms with Crippen LogP contribution in [0.15, 0.2) is 41.0 Å². The van der Waals surface area contributed by atoms with Gasteiger partial charge in [0.25, 0.3) is 5.91 Å². The van der Waals surface area contributed by atoms with Crippen molar-refractivity contribution in [2.24, 2.45) is 0 Å². The van der Waals surface area contributed by atoms with Gasteiger partial charge in [-0.3, -0.25) is 10.1 Å². The SMILES string of the molecule is O=C(Nc1ccco1)c1ccc2c(c1)CCC2. The lowest BCUT2D eigenvalue weighted by Gasteiger charge is -2.04. The van der Waals surface area contributed by atoms with Crippen molar-refractivity contribution in [3.05, 3.63) is 53.3 Å². The summed E-state index contributed by atoms with van der Waals surface area (Å²) >= 11 is 0. The van der Waals surface area contributed by atoms with Crippen LogP contribution in [-0.4, -0.2) is 5.91 Å². The third-order valence-electron chi connectivity index (χ3n) is 3.12. The summed E-state index contributed by atoms with van der Waals surface area (Å²) in [5, 5.41) is 2.72. The fourth-order valence-electron chi connectivity index (χ4n) is 2.25. The average Bonchev–Trinajstić information content (AvgIpc) is 2.97. The van der Waals surface area contributed by atoms with Crippen LogP contribution < -0.4 is 5.32 Å². The summed E-state index contributed by atoms with van der Waals surface area (Å²) in [7, 11) is 0. The number of carbonyl (C=O) groups is 1. The Hall–Kier alpha value is -2.03. The molecule has 0 saturated carbocycles. The fraction of sp³-hybridized carbons (Fsp3) is 0.214. The van der Waals surface area contributed by atoms with Gasteiger partial charge >= 0.3 is 0 Å². The molecule has 0 saturated heterocycles. The van der Waals surface area contributed by atoms with Crippen LogP contribution in [-0.2, 0) is 12.8 Å². The van der Waals surface area contributed by atoms with Crippen LogP contribution in [0.3, 0.4) is 0 Å². The van der Waals surface area contributed by atoms with Gasteiger partial charge in [-0.2, -0.15) is 0 Å². The minimum atomic E-state index is -0.116. The minimum Gasteiger partial charge on any atom is -0.449 e. The largest absolute Gasteiger partial charge is 0.449 e. The zero-order valence-electron chi connectivity index (χ0n) is 9.40. The van der Waals surface area contributed by atoms with E-state index in [2.05, 4.69) is 11.4 Å². The maximum Gasteiger partial charge on any atom is 0.257 e. The number of amides is 1. The van der Waals surface area contributed by atoms with Gasteiger partial charge in [0.2, 0.25) is 0 Å². The van der Waals surface area contributed by atoms with E-state index in [0.717, 1.165) is 12.8 Å². The van der Waals surface area contributed by atoms with Crippen LogP contribution in [0.4, 0.5) is 5.88 Å². The number of hydrogen-bond donors (Lipinski definition) is 1. The Morgan fingerprint density at radius 3 is 2.88 bits per heavy atom. The van der Waals surface area contributed by atoms with Crippen molar-refractivity contribution in [2.45, 2.75) is 19.3 Å². The lowest BCUT2D eigenvalue weighted by molar-refractivity contribution is 0.102. The monoisotopic (exact) mass is 227 g/mol. The van der Waals surface area contributed by atoms with Gasteiger partial charge in [-0.25, -0.2) is 0 Å². The Morgan fingerprint density at radius 1 is 1.18 bits per heavy atom. The van der Waals surface area contributed by atoms with Gasteiger partial charge < -0.3 is 4.42 Å². The highest BCUT2D eigenvalue weighted by Crippen LogP contribution is 2.23. The first-order chi connectivity index (χ1) is 8.33. The number of rotatable bonds is 2. The summed E-state index contributed by atoms with van der Waals surface area (Å²) in [6.45, 7) is 0. The first kappa shape index (κ1) is 10.1. The van der Waals surface area contributed by atoms with Crippen LogP contribution in [0.25, 0.3) is 0 Å². The van der Waals surface area contributed by atoms with E-state index in [0.29, 0.717) is 11.4 Å². The minimum absolute atomic E-state index is 0.116. The molecule has 17 heavy (non-hydrogen) atoms. The molecule has 1 aromatic heterocycles. The summed E-state index contributed by atoms with van der Waals surface area (Å²) in [5.74, 6) is 0.366. The molecule has 86 valence electrons. The number of aryl methyl sites for hydroxylation is 2. The van der Waals surface area contributed by atoms with Gasteiger partial charge in [0.15, 0.2) is 5.88 Å². The predicted octanol–water partition coefficient (Wildman–Crippen LogP) is 3.02. The zero-order chi connectivity index (χ0) is 11.7. The van der Waals surface area contributed by atoms with Gasteiger partial charge in [0.05, 0.1) is 6.26 Å². The molecule has 3 heteroatoms. The van der Waals surface area contributed by atoms with Crippen molar-refractivity contribution in [3.63, 3.8) is 0 Å². The summed E-state index contributed by atoms with van der Waals surface area (Å²) in [5.41, 5.74) is 3.37. The molecule has 2 aromatic rings. The van der Waals surface area contributed by atoms with Crippen LogP contribution >= 0.6 is 0 Å². The molecule has 1 heterocycles. The summed E-state index contributed by atoms with van der Waals surface area (Å²) in [6, 6.07) is 9.39. The number of hydrogen-bond acceptors (Lipinski definition) is 2. The van der Waals surface area contributed by atoms with Gasteiger partial charge in [0, 0.05) is 11.6 Å². The van der Waals surface area contributed by atoms with Crippen molar-refractivity contribution >= 4 is 11.8 Å². The standard InChI is InChI=1S/C14H13NO2/c16-14(15-13-5-2-8-17-13)12-7-6-10-3-1-4-11(10)9-12/h2,5-9H,1,3-4H2,(H,15,16). The molecular formula is C14H13NO2. The molecule has 3 rings (SSSR count). The highest BCUT2D eigenvalue weighted by molar-refractivity contribution is 6.03. The van der Waals surface area contributed by atoms with E-state index in [1.165, 1.54) is 23.8 Å². The van der Waals surface area contributed by atoms with Gasteiger partial charge in [-0.1, -0.05) is 6.07 Å². The topological polar surface area (TPSA) is 42.2 Å². The number of benzene rings is 1. The van der Waals surface area contributed by atoms with Crippen LogP contribution in [0, 0.1) is 0 Å². The third-order valence-corrected chi connectivity index (χ3v) is 3.12. The number of fused-ring (bicyclic) bond motifs is 1. The molecule has 1 aliphatic carbocycles. The lowest BCUT2D eigenvalue weighted by atomic mass is 10.1. The van der Waals surface area contributed by atoms with E-state index in [1.54, 1.807) is 12.1 Å². The lowest BCUT2D eigenvalue weighted by Crippen LogP contribution is -2.11. The van der Waals surface area contributed by atoms with Gasteiger partial charge in [-0.05, 0) is 48.6 Å². The first-order valence-electron chi connectivity index (χ1n) is 5.79. The fourth-order valence-corrected chi connectivity index (χ4v) is 2.25. The molecule has 0 aliphatic heterocycles. The Labute approximate surface area is 99.4 Å². The highest BCUT2D eigenvalue weighted by atomic mass is 16.3. The molecule has 3 nitrogen and oxygen atoms in total. The van der Waals surface area contributed by atoms with Crippen molar-refractivity contribution in [2.75, 3.05) is 5.32 Å². The summed E-state index contributed by atoms with van der Waals surface area (Å²) in [6.07, 6.45) is 4.95. The molecule has 0 atom stereocenters. The highest BCUT2D eigenvalue weighted by Gasteiger charge is 2.14. The van der Waals surface area contributed by atoms with Crippen molar-refractivity contribution < 1.29 is 9.21 Å². The molecular weight excluding hydrogens is 214 g/mol. The second kappa shape index (κ2) is 4.09. The van der Waals surface area contributed by atoms with E-state index in [1.807, 2.05) is 12.1 Å². The molecule has 1 N–H and O–H groups in total. The number of carbonyl (C=O) groups excluding carboxylic acids is 1. The molecule has 1 amide bonds. The van der Waals surface area contributed by atoms with E-state index >= 15 is 0 Å². The Morgan fingerprint density at radius 2 is 2.06 bits per heavy atom. The number of anilines is 1. The summed E-state index contributed by atoms with van der Waals surface area (Å²) < 4.78 is 5.09. The predicted molar refractivity (Wildman–Crippen MR) is 65.1 cm³/mol. The maximum atomic E-state index is 11.9. The van der Waals surface area contributed by atoms with Crippen LogP contribution in [0.5, 0.6) is 0 Å². The molecule has 0 unspecified atom stereocenters. The Kier molecular flexibility index (Phi) is 2.44. The maximum absolute atomic E-state index is 11.9. The summed E-state index contributed by atoms with van der Waals surface area (Å²) in [4.78, 5) is 11.9. The number of furan rings is 1. The van der Waals surface area contributed by atoms with Gasteiger partial charge in [-0.15, -0.1) is 0 Å². The van der Waals surface area contributed by atoms with Gasteiger partial charge in [0.1, 0.15) is 0 Å². The zero-order valence-corrected chi connectivity index (χ0v) is 9.40. The molecule has 0 fully saturated rings.